The molecule has 0 atom stereocenters. The van der Waals surface area contributed by atoms with Gasteiger partial charge in [-0.05, 0) is 43.4 Å². The molecule has 4 heteroatoms. The second kappa shape index (κ2) is 16.3. The molecule has 2 aromatic rings. The Morgan fingerprint density at radius 3 is 2.21 bits per heavy atom. The maximum atomic E-state index is 12.0. The lowest BCUT2D eigenvalue weighted by molar-refractivity contribution is -0.903. The third kappa shape index (κ3) is 12.8. The number of rotatable bonds is 18. The van der Waals surface area contributed by atoms with Gasteiger partial charge in [-0.25, -0.2) is 0 Å². The molecular formula is C30H46NO3+. The molecule has 188 valence electrons. The van der Waals surface area contributed by atoms with Crippen molar-refractivity contribution in [2.45, 2.75) is 77.7 Å². The second-order valence-electron chi connectivity index (χ2n) is 9.99. The van der Waals surface area contributed by atoms with Gasteiger partial charge in [0.25, 0.3) is 0 Å². The van der Waals surface area contributed by atoms with Gasteiger partial charge in [0.1, 0.15) is 25.5 Å². The van der Waals surface area contributed by atoms with Crippen molar-refractivity contribution < 1.29 is 18.8 Å². The normalized spacial score (nSPS) is 11.4. The molecule has 0 radical (unpaired) electrons. The van der Waals surface area contributed by atoms with E-state index in [-0.39, 0.29) is 5.97 Å². The SMILES string of the molecule is CCCCCCCCc1ccc(OCCOC(=O)CCCC[N+](C)(C)Cc2ccccc2)cc1. The highest BCUT2D eigenvalue weighted by Crippen LogP contribution is 2.15. The highest BCUT2D eigenvalue weighted by atomic mass is 16.6. The zero-order valence-electron chi connectivity index (χ0n) is 21.8. The van der Waals surface area contributed by atoms with Crippen LogP contribution in [0.1, 0.15) is 75.8 Å². The molecule has 0 aromatic heterocycles. The van der Waals surface area contributed by atoms with Gasteiger partial charge in [-0.2, -0.15) is 0 Å². The number of unbranched alkanes of at least 4 members (excludes halogenated alkanes) is 6. The molecule has 2 aromatic carbocycles. The minimum atomic E-state index is -0.133. The number of esters is 1. The molecule has 2 rings (SSSR count). The van der Waals surface area contributed by atoms with Crippen LogP contribution < -0.4 is 4.74 Å². The number of hydrogen-bond acceptors (Lipinski definition) is 3. The van der Waals surface area contributed by atoms with Gasteiger partial charge in [0.05, 0.1) is 20.6 Å². The fourth-order valence-corrected chi connectivity index (χ4v) is 4.21. The molecule has 34 heavy (non-hydrogen) atoms. The molecule has 0 bridgehead atoms. The molecule has 4 nitrogen and oxygen atoms in total. The molecule has 0 heterocycles. The minimum Gasteiger partial charge on any atom is -0.490 e. The first kappa shape index (κ1) is 27.9. The predicted molar refractivity (Wildman–Crippen MR) is 141 cm³/mol. The molecule has 0 spiro atoms. The Kier molecular flexibility index (Phi) is 13.4. The molecule has 0 aliphatic carbocycles. The molecule has 0 aliphatic heterocycles. The molecule has 0 saturated carbocycles. The Morgan fingerprint density at radius 2 is 1.47 bits per heavy atom. The van der Waals surface area contributed by atoms with E-state index in [0.717, 1.165) is 42.6 Å². The van der Waals surface area contributed by atoms with Gasteiger partial charge in [0.15, 0.2) is 0 Å². The number of carbonyl (C=O) groups is 1. The number of benzene rings is 2. The number of aryl methyl sites for hydroxylation is 1. The average molecular weight is 469 g/mol. The summed E-state index contributed by atoms with van der Waals surface area (Å²) >= 11 is 0. The summed E-state index contributed by atoms with van der Waals surface area (Å²) in [6.45, 7) is 4.99. The van der Waals surface area contributed by atoms with E-state index in [1.165, 1.54) is 49.7 Å². The van der Waals surface area contributed by atoms with E-state index >= 15 is 0 Å². The van der Waals surface area contributed by atoms with E-state index in [1.54, 1.807) is 0 Å². The Balaban J connectivity index is 1.50. The van der Waals surface area contributed by atoms with Crippen LogP contribution in [0.2, 0.25) is 0 Å². The Labute approximate surface area is 207 Å². The second-order valence-corrected chi connectivity index (χ2v) is 9.99. The first-order valence-electron chi connectivity index (χ1n) is 13.2. The fourth-order valence-electron chi connectivity index (χ4n) is 4.21. The van der Waals surface area contributed by atoms with Crippen LogP contribution in [0.5, 0.6) is 5.75 Å². The van der Waals surface area contributed by atoms with Crippen molar-refractivity contribution >= 4 is 5.97 Å². The monoisotopic (exact) mass is 468 g/mol. The molecular weight excluding hydrogens is 422 g/mol. The van der Waals surface area contributed by atoms with Gasteiger partial charge in [-0.1, -0.05) is 81.5 Å². The number of carbonyl (C=O) groups excluding carboxylic acids is 1. The van der Waals surface area contributed by atoms with E-state index in [0.29, 0.717) is 19.6 Å². The van der Waals surface area contributed by atoms with E-state index in [2.05, 4.69) is 57.4 Å². The van der Waals surface area contributed by atoms with Crippen molar-refractivity contribution in [2.24, 2.45) is 0 Å². The van der Waals surface area contributed by atoms with E-state index in [9.17, 15) is 4.79 Å². The van der Waals surface area contributed by atoms with Crippen molar-refractivity contribution in [3.05, 3.63) is 65.7 Å². The van der Waals surface area contributed by atoms with Crippen molar-refractivity contribution in [3.63, 3.8) is 0 Å². The van der Waals surface area contributed by atoms with Crippen molar-refractivity contribution in [2.75, 3.05) is 33.9 Å². The zero-order chi connectivity index (χ0) is 24.5. The molecule has 0 aliphatic rings. The van der Waals surface area contributed by atoms with Crippen LogP contribution in [0.4, 0.5) is 0 Å². The quantitative estimate of drug-likeness (QED) is 0.135. The van der Waals surface area contributed by atoms with E-state index < -0.39 is 0 Å². The fraction of sp³-hybridized carbons (Fsp3) is 0.567. The highest BCUT2D eigenvalue weighted by Gasteiger charge is 2.15. The lowest BCUT2D eigenvalue weighted by atomic mass is 10.0. The van der Waals surface area contributed by atoms with Gasteiger partial charge in [-0.3, -0.25) is 4.79 Å². The summed E-state index contributed by atoms with van der Waals surface area (Å²) in [4.78, 5) is 12.0. The van der Waals surface area contributed by atoms with Crippen LogP contribution >= 0.6 is 0 Å². The third-order valence-electron chi connectivity index (χ3n) is 6.21. The molecule has 0 unspecified atom stereocenters. The van der Waals surface area contributed by atoms with Gasteiger partial charge in [0, 0.05) is 12.0 Å². The smallest absolute Gasteiger partial charge is 0.305 e. The Hall–Kier alpha value is -2.33. The molecule has 0 N–H and O–H groups in total. The van der Waals surface area contributed by atoms with Crippen LogP contribution in [0, 0.1) is 0 Å². The lowest BCUT2D eigenvalue weighted by Crippen LogP contribution is -2.39. The van der Waals surface area contributed by atoms with Crippen molar-refractivity contribution in [3.8, 4) is 5.75 Å². The number of hydrogen-bond donors (Lipinski definition) is 0. The van der Waals surface area contributed by atoms with E-state index in [4.69, 9.17) is 9.47 Å². The van der Waals surface area contributed by atoms with Gasteiger partial charge in [0.2, 0.25) is 0 Å². The Bertz CT molecular complexity index is 786. The predicted octanol–water partition coefficient (Wildman–Crippen LogP) is 6.96. The minimum absolute atomic E-state index is 0.133. The number of quaternary nitrogens is 1. The van der Waals surface area contributed by atoms with Crippen LogP contribution in [-0.2, 0) is 22.5 Å². The van der Waals surface area contributed by atoms with Crippen LogP contribution in [0.3, 0.4) is 0 Å². The summed E-state index contributed by atoms with van der Waals surface area (Å²) in [5.74, 6) is 0.701. The topological polar surface area (TPSA) is 35.5 Å². The first-order valence-corrected chi connectivity index (χ1v) is 13.2. The zero-order valence-corrected chi connectivity index (χ0v) is 21.8. The highest BCUT2D eigenvalue weighted by molar-refractivity contribution is 5.69. The first-order chi connectivity index (χ1) is 16.5. The summed E-state index contributed by atoms with van der Waals surface area (Å²) in [5, 5.41) is 0. The van der Waals surface area contributed by atoms with Crippen LogP contribution in [0.15, 0.2) is 54.6 Å². The molecule has 0 saturated heterocycles. The van der Waals surface area contributed by atoms with Gasteiger partial charge < -0.3 is 14.0 Å². The van der Waals surface area contributed by atoms with Gasteiger partial charge in [-0.15, -0.1) is 0 Å². The van der Waals surface area contributed by atoms with Crippen molar-refractivity contribution in [1.29, 1.82) is 0 Å². The van der Waals surface area contributed by atoms with Crippen LogP contribution in [-0.4, -0.2) is 44.3 Å². The van der Waals surface area contributed by atoms with Gasteiger partial charge >= 0.3 is 5.97 Å². The van der Waals surface area contributed by atoms with Crippen LogP contribution in [0.25, 0.3) is 0 Å². The summed E-state index contributed by atoms with van der Waals surface area (Å²) in [6, 6.07) is 18.9. The lowest BCUT2D eigenvalue weighted by Gasteiger charge is -2.30. The maximum Gasteiger partial charge on any atom is 0.305 e. The summed E-state index contributed by atoms with van der Waals surface area (Å²) in [6.07, 6.45) is 11.4. The third-order valence-corrected chi connectivity index (χ3v) is 6.21. The summed E-state index contributed by atoms with van der Waals surface area (Å²) in [5.41, 5.74) is 2.71. The van der Waals surface area contributed by atoms with E-state index in [1.807, 2.05) is 18.2 Å². The molecule has 0 amide bonds. The number of ether oxygens (including phenoxy) is 2. The average Bonchev–Trinajstić information content (AvgIpc) is 2.83. The number of nitrogens with zero attached hydrogens (tertiary/aromatic N) is 1. The summed E-state index contributed by atoms with van der Waals surface area (Å²) in [7, 11) is 4.48. The largest absolute Gasteiger partial charge is 0.490 e. The summed E-state index contributed by atoms with van der Waals surface area (Å²) < 4.78 is 12.0. The standard InChI is InChI=1S/C30H46NO3/c1-4-5-6-7-8-10-15-27-19-21-29(22-20-27)33-24-25-34-30(32)18-13-14-23-31(2,3)26-28-16-11-9-12-17-28/h9,11-12,16-17,19-22H,4-8,10,13-15,18,23-26H2,1-3H3/q+1. The molecule has 0 fully saturated rings. The maximum absolute atomic E-state index is 12.0. The van der Waals surface area contributed by atoms with Crippen molar-refractivity contribution in [1.82, 2.24) is 0 Å². The Morgan fingerprint density at radius 1 is 0.765 bits per heavy atom.